The lowest BCUT2D eigenvalue weighted by Gasteiger charge is -2.27. The predicted molar refractivity (Wildman–Crippen MR) is 118 cm³/mol. The first-order valence-electron chi connectivity index (χ1n) is 10.8. The normalized spacial score (nSPS) is 17.4. The second-order valence-electron chi connectivity index (χ2n) is 8.28. The molecular formula is C23H25F3N4O5. The van der Waals surface area contributed by atoms with Crippen molar-refractivity contribution in [3.05, 3.63) is 59.4 Å². The molecule has 12 heteroatoms. The summed E-state index contributed by atoms with van der Waals surface area (Å²) < 4.78 is 44.1. The third kappa shape index (κ3) is 6.84. The van der Waals surface area contributed by atoms with E-state index >= 15 is 0 Å². The average molecular weight is 494 g/mol. The van der Waals surface area contributed by atoms with E-state index in [1.54, 1.807) is 24.3 Å². The lowest BCUT2D eigenvalue weighted by Crippen LogP contribution is -2.45. The Morgan fingerprint density at radius 1 is 1.17 bits per heavy atom. The standard InChI is InChI=1S/C23H25F3N4O5/c1-13-3-5-15(6-4-13)19(14(2)28-21(32)23(24,25)26)35-17-7-8-18(27-11-17)20(31)29-16-9-10-30(12-16)22(33)34/h3-8,11,14,16,19H,9-10,12H2,1-2H3,(H,28,32)(H,29,31)(H,33,34)/t14-,16+,19-/m0/s1. The highest BCUT2D eigenvalue weighted by Crippen LogP contribution is 2.26. The van der Waals surface area contributed by atoms with E-state index in [4.69, 9.17) is 9.84 Å². The van der Waals surface area contributed by atoms with Crippen molar-refractivity contribution in [2.45, 2.75) is 44.6 Å². The molecule has 1 aliphatic rings. The molecule has 2 heterocycles. The predicted octanol–water partition coefficient (Wildman–Crippen LogP) is 3.06. The number of hydrogen-bond donors (Lipinski definition) is 3. The summed E-state index contributed by atoms with van der Waals surface area (Å²) in [5.74, 6) is -2.39. The number of ether oxygens (including phenoxy) is 1. The fourth-order valence-electron chi connectivity index (χ4n) is 3.62. The summed E-state index contributed by atoms with van der Waals surface area (Å²) in [7, 11) is 0. The maximum atomic E-state index is 12.7. The topological polar surface area (TPSA) is 121 Å². The van der Waals surface area contributed by atoms with Crippen LogP contribution in [0, 0.1) is 6.92 Å². The number of aryl methyl sites for hydroxylation is 1. The number of carbonyl (C=O) groups excluding carboxylic acids is 2. The molecule has 1 aliphatic heterocycles. The maximum Gasteiger partial charge on any atom is 0.471 e. The van der Waals surface area contributed by atoms with Crippen molar-refractivity contribution in [2.24, 2.45) is 0 Å². The van der Waals surface area contributed by atoms with E-state index in [0.717, 1.165) is 5.56 Å². The fourth-order valence-corrected chi connectivity index (χ4v) is 3.62. The molecule has 0 unspecified atom stereocenters. The molecule has 9 nitrogen and oxygen atoms in total. The number of halogens is 3. The van der Waals surface area contributed by atoms with Crippen LogP contribution in [0.4, 0.5) is 18.0 Å². The zero-order valence-corrected chi connectivity index (χ0v) is 19.0. The van der Waals surface area contributed by atoms with Gasteiger partial charge in [0, 0.05) is 19.1 Å². The van der Waals surface area contributed by atoms with Gasteiger partial charge in [-0.1, -0.05) is 29.8 Å². The Labute approximate surface area is 199 Å². The molecule has 0 spiro atoms. The number of benzene rings is 1. The zero-order chi connectivity index (χ0) is 25.8. The monoisotopic (exact) mass is 494 g/mol. The number of carbonyl (C=O) groups is 3. The third-order valence-corrected chi connectivity index (χ3v) is 5.50. The SMILES string of the molecule is Cc1ccc([C@@H](Oc2ccc(C(=O)N[C@@H]3CCN(C(=O)O)C3)nc2)[C@H](C)NC(=O)C(F)(F)F)cc1. The maximum absolute atomic E-state index is 12.7. The number of carboxylic acid groups (broad SMARTS) is 1. The highest BCUT2D eigenvalue weighted by atomic mass is 19.4. The van der Waals surface area contributed by atoms with Gasteiger partial charge in [0.1, 0.15) is 17.5 Å². The Bertz CT molecular complexity index is 1060. The van der Waals surface area contributed by atoms with Crippen molar-refractivity contribution in [3.63, 3.8) is 0 Å². The van der Waals surface area contributed by atoms with Crippen LogP contribution in [0.3, 0.4) is 0 Å². The number of likely N-dealkylation sites (tertiary alicyclic amines) is 1. The molecule has 0 saturated carbocycles. The van der Waals surface area contributed by atoms with Crippen molar-refractivity contribution < 1.29 is 37.4 Å². The van der Waals surface area contributed by atoms with E-state index in [1.807, 2.05) is 12.2 Å². The molecule has 1 fully saturated rings. The smallest absolute Gasteiger partial charge is 0.471 e. The number of alkyl halides is 3. The first kappa shape index (κ1) is 25.8. The van der Waals surface area contributed by atoms with Crippen LogP contribution in [-0.2, 0) is 4.79 Å². The fraction of sp³-hybridized carbons (Fsp3) is 0.391. The van der Waals surface area contributed by atoms with E-state index in [1.165, 1.54) is 30.2 Å². The minimum atomic E-state index is -5.04. The summed E-state index contributed by atoms with van der Waals surface area (Å²) in [5, 5.41) is 13.7. The van der Waals surface area contributed by atoms with E-state index in [0.29, 0.717) is 18.5 Å². The summed E-state index contributed by atoms with van der Waals surface area (Å²) in [5.41, 5.74) is 1.54. The van der Waals surface area contributed by atoms with Crippen LogP contribution in [0.15, 0.2) is 42.6 Å². The molecule has 2 aromatic rings. The Kier molecular flexibility index (Phi) is 7.82. The average Bonchev–Trinajstić information content (AvgIpc) is 3.26. The van der Waals surface area contributed by atoms with Gasteiger partial charge in [-0.15, -0.1) is 0 Å². The molecule has 1 saturated heterocycles. The lowest BCUT2D eigenvalue weighted by atomic mass is 10.0. The van der Waals surface area contributed by atoms with Crippen molar-refractivity contribution in [3.8, 4) is 5.75 Å². The summed E-state index contributed by atoms with van der Waals surface area (Å²) in [6, 6.07) is 8.36. The van der Waals surface area contributed by atoms with Crippen LogP contribution in [-0.4, -0.2) is 64.2 Å². The van der Waals surface area contributed by atoms with Crippen LogP contribution in [0.1, 0.15) is 41.1 Å². The second-order valence-corrected chi connectivity index (χ2v) is 8.28. The number of rotatable bonds is 7. The molecule has 3 atom stereocenters. The molecule has 1 aromatic carbocycles. The van der Waals surface area contributed by atoms with Crippen LogP contribution < -0.4 is 15.4 Å². The van der Waals surface area contributed by atoms with Gasteiger partial charge in [0.05, 0.1) is 12.2 Å². The number of amides is 3. The number of pyridine rings is 1. The van der Waals surface area contributed by atoms with Gasteiger partial charge in [-0.3, -0.25) is 9.59 Å². The molecule has 35 heavy (non-hydrogen) atoms. The van der Waals surface area contributed by atoms with E-state index < -0.39 is 36.2 Å². The summed E-state index contributed by atoms with van der Waals surface area (Å²) >= 11 is 0. The first-order valence-corrected chi connectivity index (χ1v) is 10.8. The van der Waals surface area contributed by atoms with Gasteiger partial charge in [-0.25, -0.2) is 9.78 Å². The van der Waals surface area contributed by atoms with Crippen molar-refractivity contribution >= 4 is 17.9 Å². The third-order valence-electron chi connectivity index (χ3n) is 5.50. The van der Waals surface area contributed by atoms with E-state index in [9.17, 15) is 27.6 Å². The van der Waals surface area contributed by atoms with Gasteiger partial charge in [0.2, 0.25) is 0 Å². The Balaban J connectivity index is 1.70. The number of nitrogens with one attached hydrogen (secondary N) is 2. The minimum Gasteiger partial charge on any atom is -0.482 e. The zero-order valence-electron chi connectivity index (χ0n) is 19.0. The summed E-state index contributed by atoms with van der Waals surface area (Å²) in [4.78, 5) is 40.2. The summed E-state index contributed by atoms with van der Waals surface area (Å²) in [6.45, 7) is 3.75. The molecular weight excluding hydrogens is 469 g/mol. The van der Waals surface area contributed by atoms with Gasteiger partial charge in [-0.2, -0.15) is 13.2 Å². The summed E-state index contributed by atoms with van der Waals surface area (Å²) in [6.07, 6.45) is -5.32. The van der Waals surface area contributed by atoms with Crippen LogP contribution in [0.2, 0.25) is 0 Å². The highest BCUT2D eigenvalue weighted by molar-refractivity contribution is 5.92. The number of nitrogens with zero attached hydrogens (tertiary/aromatic N) is 2. The Hall–Kier alpha value is -3.83. The first-order chi connectivity index (χ1) is 16.4. The number of aromatic nitrogens is 1. The minimum absolute atomic E-state index is 0.0661. The van der Waals surface area contributed by atoms with Gasteiger partial charge in [-0.05, 0) is 38.0 Å². The molecule has 1 aromatic heterocycles. The second kappa shape index (κ2) is 10.6. The Morgan fingerprint density at radius 2 is 1.86 bits per heavy atom. The molecule has 0 radical (unpaired) electrons. The van der Waals surface area contributed by atoms with Gasteiger partial charge in [0.15, 0.2) is 0 Å². The van der Waals surface area contributed by atoms with Crippen molar-refractivity contribution in [2.75, 3.05) is 13.1 Å². The molecule has 3 rings (SSSR count). The molecule has 3 amide bonds. The van der Waals surface area contributed by atoms with Gasteiger partial charge >= 0.3 is 18.2 Å². The van der Waals surface area contributed by atoms with E-state index in [-0.39, 0.29) is 24.0 Å². The van der Waals surface area contributed by atoms with Crippen LogP contribution >= 0.6 is 0 Å². The van der Waals surface area contributed by atoms with Gasteiger partial charge in [0.25, 0.3) is 5.91 Å². The van der Waals surface area contributed by atoms with Crippen LogP contribution in [0.25, 0.3) is 0 Å². The van der Waals surface area contributed by atoms with Crippen LogP contribution in [0.5, 0.6) is 5.75 Å². The van der Waals surface area contributed by atoms with E-state index in [2.05, 4.69) is 10.3 Å². The quantitative estimate of drug-likeness (QED) is 0.544. The molecule has 188 valence electrons. The molecule has 0 aliphatic carbocycles. The molecule has 0 bridgehead atoms. The van der Waals surface area contributed by atoms with Gasteiger partial charge < -0.3 is 25.4 Å². The largest absolute Gasteiger partial charge is 0.482 e. The van der Waals surface area contributed by atoms with Crippen molar-refractivity contribution in [1.29, 1.82) is 0 Å². The number of hydrogen-bond acceptors (Lipinski definition) is 5. The Morgan fingerprint density at radius 3 is 2.40 bits per heavy atom. The highest BCUT2D eigenvalue weighted by Gasteiger charge is 2.40. The molecule has 3 N–H and O–H groups in total. The van der Waals surface area contributed by atoms with Crippen molar-refractivity contribution in [1.82, 2.24) is 20.5 Å². The lowest BCUT2D eigenvalue weighted by molar-refractivity contribution is -0.174.